The van der Waals surface area contributed by atoms with Crippen molar-refractivity contribution in [3.8, 4) is 0 Å². The summed E-state index contributed by atoms with van der Waals surface area (Å²) >= 11 is 0. The molecule has 1 aromatic heterocycles. The summed E-state index contributed by atoms with van der Waals surface area (Å²) in [4.78, 5) is 23.6. The lowest BCUT2D eigenvalue weighted by Gasteiger charge is -2.20. The number of hydrogen-bond acceptors (Lipinski definition) is 4. The Morgan fingerprint density at radius 1 is 1.33 bits per heavy atom. The number of hydrogen-bond donors (Lipinski definition) is 2. The van der Waals surface area contributed by atoms with Gasteiger partial charge in [0.1, 0.15) is 5.69 Å². The molecule has 118 valence electrons. The first-order chi connectivity index (χ1) is 10.0. The molecule has 0 bridgehead atoms. The van der Waals surface area contributed by atoms with Crippen LogP contribution in [0.1, 0.15) is 50.5 Å². The number of carbonyl (C=O) groups is 1. The van der Waals surface area contributed by atoms with Crippen molar-refractivity contribution in [3.05, 3.63) is 28.2 Å². The molecule has 0 spiro atoms. The number of aryl methyl sites for hydroxylation is 1. The number of nitrogens with zero attached hydrogens (tertiary/aromatic N) is 2. The van der Waals surface area contributed by atoms with Gasteiger partial charge >= 0.3 is 0 Å². The monoisotopic (exact) mass is 295 g/mol. The minimum Gasteiger partial charge on any atom is -0.391 e. The van der Waals surface area contributed by atoms with E-state index < -0.39 is 6.10 Å². The van der Waals surface area contributed by atoms with E-state index in [4.69, 9.17) is 0 Å². The van der Waals surface area contributed by atoms with Crippen LogP contribution < -0.4 is 10.9 Å². The molecule has 6 nitrogen and oxygen atoms in total. The van der Waals surface area contributed by atoms with Crippen LogP contribution in [0.2, 0.25) is 0 Å². The number of aliphatic hydroxyl groups is 1. The summed E-state index contributed by atoms with van der Waals surface area (Å²) in [6.07, 6.45) is 1.94. The van der Waals surface area contributed by atoms with Crippen LogP contribution in [0.25, 0.3) is 0 Å². The fraction of sp³-hybridized carbons (Fsp3) is 0.667. The molecule has 0 aliphatic rings. The summed E-state index contributed by atoms with van der Waals surface area (Å²) in [6, 6.07) is 2.75. The predicted octanol–water partition coefficient (Wildman–Crippen LogP) is 1.18. The highest BCUT2D eigenvalue weighted by Gasteiger charge is 2.17. The van der Waals surface area contributed by atoms with Crippen molar-refractivity contribution in [2.24, 2.45) is 5.92 Å². The second-order valence-corrected chi connectivity index (χ2v) is 5.13. The molecule has 1 heterocycles. The Kier molecular flexibility index (Phi) is 7.08. The molecule has 0 aromatic carbocycles. The summed E-state index contributed by atoms with van der Waals surface area (Å²) in [7, 11) is 0. The first-order valence-electron chi connectivity index (χ1n) is 7.57. The quantitative estimate of drug-likeness (QED) is 0.754. The Morgan fingerprint density at radius 3 is 2.57 bits per heavy atom. The molecule has 1 aromatic rings. The molecule has 6 heteroatoms. The van der Waals surface area contributed by atoms with E-state index in [1.165, 1.54) is 16.8 Å². The van der Waals surface area contributed by atoms with Gasteiger partial charge in [-0.3, -0.25) is 9.59 Å². The summed E-state index contributed by atoms with van der Waals surface area (Å²) in [6.45, 7) is 6.64. The second kappa shape index (κ2) is 8.56. The predicted molar refractivity (Wildman–Crippen MR) is 81.2 cm³/mol. The highest BCUT2D eigenvalue weighted by atomic mass is 16.3. The Labute approximate surface area is 125 Å². The number of carbonyl (C=O) groups excluding carboxylic acids is 1. The summed E-state index contributed by atoms with van der Waals surface area (Å²) < 4.78 is 1.28. The zero-order chi connectivity index (χ0) is 15.8. The van der Waals surface area contributed by atoms with E-state index in [9.17, 15) is 14.7 Å². The largest absolute Gasteiger partial charge is 0.391 e. The zero-order valence-electron chi connectivity index (χ0n) is 13.0. The number of aliphatic hydroxyl groups excluding tert-OH is 1. The number of amides is 1. The van der Waals surface area contributed by atoms with Crippen LogP contribution in [0, 0.1) is 5.92 Å². The molecular weight excluding hydrogens is 270 g/mol. The van der Waals surface area contributed by atoms with Crippen molar-refractivity contribution in [1.29, 1.82) is 0 Å². The van der Waals surface area contributed by atoms with E-state index in [-0.39, 0.29) is 29.6 Å². The van der Waals surface area contributed by atoms with Gasteiger partial charge in [-0.15, -0.1) is 0 Å². The Bertz CT molecular complexity index is 509. The molecule has 1 rings (SSSR count). The summed E-state index contributed by atoms with van der Waals surface area (Å²) in [5, 5.41) is 16.7. The van der Waals surface area contributed by atoms with Crippen molar-refractivity contribution in [3.63, 3.8) is 0 Å². The maximum Gasteiger partial charge on any atom is 0.271 e. The third-order valence-electron chi connectivity index (χ3n) is 3.60. The van der Waals surface area contributed by atoms with Gasteiger partial charge in [0.15, 0.2) is 0 Å². The topological polar surface area (TPSA) is 84.2 Å². The molecule has 0 saturated heterocycles. The minimum atomic E-state index is -0.564. The Morgan fingerprint density at radius 2 is 2.00 bits per heavy atom. The molecule has 0 fully saturated rings. The third kappa shape index (κ3) is 4.97. The highest BCUT2D eigenvalue weighted by Crippen LogP contribution is 2.12. The lowest BCUT2D eigenvalue weighted by Crippen LogP contribution is -2.37. The third-order valence-corrected chi connectivity index (χ3v) is 3.60. The van der Waals surface area contributed by atoms with Crippen molar-refractivity contribution in [2.75, 3.05) is 6.54 Å². The zero-order valence-corrected chi connectivity index (χ0v) is 13.0. The Balaban J connectivity index is 2.67. The van der Waals surface area contributed by atoms with Gasteiger partial charge in [-0.05, 0) is 18.4 Å². The van der Waals surface area contributed by atoms with Gasteiger partial charge in [-0.2, -0.15) is 5.10 Å². The molecular formula is C15H25N3O3. The lowest BCUT2D eigenvalue weighted by atomic mass is 9.96. The fourth-order valence-electron chi connectivity index (χ4n) is 2.23. The van der Waals surface area contributed by atoms with Crippen molar-refractivity contribution in [2.45, 2.75) is 52.7 Å². The van der Waals surface area contributed by atoms with E-state index in [1.807, 2.05) is 20.8 Å². The van der Waals surface area contributed by atoms with Crippen LogP contribution in [-0.2, 0) is 6.54 Å². The van der Waals surface area contributed by atoms with E-state index in [1.54, 1.807) is 0 Å². The molecule has 0 aliphatic heterocycles. The van der Waals surface area contributed by atoms with Gasteiger partial charge in [0, 0.05) is 19.2 Å². The van der Waals surface area contributed by atoms with Crippen LogP contribution in [0.4, 0.5) is 0 Å². The van der Waals surface area contributed by atoms with Gasteiger partial charge in [0.05, 0.1) is 6.10 Å². The maximum absolute atomic E-state index is 12.0. The van der Waals surface area contributed by atoms with Gasteiger partial charge in [-0.1, -0.05) is 33.6 Å². The van der Waals surface area contributed by atoms with Crippen LogP contribution in [0.5, 0.6) is 0 Å². The summed E-state index contributed by atoms with van der Waals surface area (Å²) in [5.41, 5.74) is -0.0229. The molecule has 0 saturated carbocycles. The number of nitrogens with one attached hydrogen (secondary N) is 1. The summed E-state index contributed by atoms with van der Waals surface area (Å²) in [5.74, 6) is -0.197. The molecule has 0 radical (unpaired) electrons. The average Bonchev–Trinajstić information content (AvgIpc) is 2.48. The van der Waals surface area contributed by atoms with E-state index >= 15 is 0 Å². The second-order valence-electron chi connectivity index (χ2n) is 5.13. The molecule has 1 unspecified atom stereocenters. The first-order valence-corrected chi connectivity index (χ1v) is 7.57. The normalized spacial score (nSPS) is 12.4. The van der Waals surface area contributed by atoms with Crippen LogP contribution >= 0.6 is 0 Å². The van der Waals surface area contributed by atoms with Crippen LogP contribution in [0.3, 0.4) is 0 Å². The van der Waals surface area contributed by atoms with E-state index in [0.29, 0.717) is 6.54 Å². The highest BCUT2D eigenvalue weighted by molar-refractivity contribution is 5.91. The molecule has 1 amide bonds. The lowest BCUT2D eigenvalue weighted by molar-refractivity contribution is 0.0811. The number of aromatic nitrogens is 2. The van der Waals surface area contributed by atoms with E-state index in [0.717, 1.165) is 19.3 Å². The van der Waals surface area contributed by atoms with Gasteiger partial charge in [-0.25, -0.2) is 4.68 Å². The Hall–Kier alpha value is -1.69. The average molecular weight is 295 g/mol. The van der Waals surface area contributed by atoms with Crippen molar-refractivity contribution >= 4 is 5.91 Å². The molecule has 0 aliphatic carbocycles. The smallest absolute Gasteiger partial charge is 0.271 e. The van der Waals surface area contributed by atoms with Crippen molar-refractivity contribution in [1.82, 2.24) is 15.1 Å². The van der Waals surface area contributed by atoms with E-state index in [2.05, 4.69) is 10.4 Å². The minimum absolute atomic E-state index is 0.173. The standard InChI is InChI=1S/C15H25N3O3/c1-4-9-18-14(20)8-7-12(17-18)15(21)16-10-13(19)11(5-2)6-3/h7-8,11,13,19H,4-6,9-10H2,1-3H3,(H,16,21). The van der Waals surface area contributed by atoms with Crippen molar-refractivity contribution < 1.29 is 9.90 Å². The van der Waals surface area contributed by atoms with Crippen LogP contribution in [-0.4, -0.2) is 33.4 Å². The molecule has 1 atom stereocenters. The van der Waals surface area contributed by atoms with Gasteiger partial charge in [0.2, 0.25) is 0 Å². The maximum atomic E-state index is 12.0. The van der Waals surface area contributed by atoms with Gasteiger partial charge < -0.3 is 10.4 Å². The van der Waals surface area contributed by atoms with Gasteiger partial charge in [0.25, 0.3) is 11.5 Å². The van der Waals surface area contributed by atoms with Crippen LogP contribution in [0.15, 0.2) is 16.9 Å². The number of rotatable bonds is 8. The fourth-order valence-corrected chi connectivity index (χ4v) is 2.23. The molecule has 21 heavy (non-hydrogen) atoms. The molecule has 2 N–H and O–H groups in total. The first kappa shape index (κ1) is 17.4. The SMILES string of the molecule is CCCn1nc(C(=O)NCC(O)C(CC)CC)ccc1=O.